The molecule has 0 unspecified atom stereocenters. The van der Waals surface area contributed by atoms with Gasteiger partial charge in [-0.3, -0.25) is 4.57 Å². The van der Waals surface area contributed by atoms with E-state index in [4.69, 9.17) is 10.5 Å². The first kappa shape index (κ1) is 13.9. The summed E-state index contributed by atoms with van der Waals surface area (Å²) in [6.45, 7) is 4.18. The molecule has 1 heterocycles. The number of benzene rings is 1. The second-order valence-electron chi connectivity index (χ2n) is 4.78. The number of anilines is 1. The molecule has 2 aromatic rings. The first-order valence-electron chi connectivity index (χ1n) is 6.31. The first-order valence-corrected chi connectivity index (χ1v) is 6.31. The van der Waals surface area contributed by atoms with Gasteiger partial charge in [0.05, 0.1) is 18.3 Å². The summed E-state index contributed by atoms with van der Waals surface area (Å²) in [5.74, 6) is 0.181. The summed E-state index contributed by atoms with van der Waals surface area (Å²) in [7, 11) is 0. The maximum Gasteiger partial charge on any atom is 0.219 e. The monoisotopic (exact) mass is 273 g/mol. The average molecular weight is 273 g/mol. The second-order valence-corrected chi connectivity index (χ2v) is 4.78. The number of halogens is 1. The SMILES string of the molecule is CC(C)Oc1c(N)cc(C#N)n1Cc1ccc(F)cc1. The molecule has 0 amide bonds. The van der Waals surface area contributed by atoms with E-state index < -0.39 is 0 Å². The lowest BCUT2D eigenvalue weighted by Gasteiger charge is -2.15. The summed E-state index contributed by atoms with van der Waals surface area (Å²) in [6, 6.07) is 9.79. The topological polar surface area (TPSA) is 64.0 Å². The van der Waals surface area contributed by atoms with Crippen molar-refractivity contribution in [2.24, 2.45) is 0 Å². The van der Waals surface area contributed by atoms with Crippen LogP contribution in [0.15, 0.2) is 30.3 Å². The smallest absolute Gasteiger partial charge is 0.219 e. The number of rotatable bonds is 4. The van der Waals surface area contributed by atoms with Crippen LogP contribution in [0.25, 0.3) is 0 Å². The Morgan fingerprint density at radius 1 is 1.35 bits per heavy atom. The van der Waals surface area contributed by atoms with Crippen LogP contribution in [-0.2, 0) is 6.54 Å². The Kier molecular flexibility index (Phi) is 3.94. The van der Waals surface area contributed by atoms with Gasteiger partial charge in [-0.1, -0.05) is 12.1 Å². The lowest BCUT2D eigenvalue weighted by Crippen LogP contribution is -2.12. The largest absolute Gasteiger partial charge is 0.475 e. The van der Waals surface area contributed by atoms with Crippen LogP contribution in [0.4, 0.5) is 10.1 Å². The van der Waals surface area contributed by atoms with Crippen molar-refractivity contribution in [2.45, 2.75) is 26.5 Å². The van der Waals surface area contributed by atoms with E-state index in [0.717, 1.165) is 5.56 Å². The predicted octanol–water partition coefficient (Wildman–Crippen LogP) is 2.92. The lowest BCUT2D eigenvalue weighted by atomic mass is 10.2. The highest BCUT2D eigenvalue weighted by Gasteiger charge is 2.16. The second kappa shape index (κ2) is 5.66. The van der Waals surface area contributed by atoms with Crippen LogP contribution in [0.5, 0.6) is 5.88 Å². The van der Waals surface area contributed by atoms with Crippen molar-refractivity contribution >= 4 is 5.69 Å². The van der Waals surface area contributed by atoms with E-state index >= 15 is 0 Å². The van der Waals surface area contributed by atoms with Crippen LogP contribution < -0.4 is 10.5 Å². The Labute approximate surface area is 117 Å². The molecule has 0 spiro atoms. The first-order chi connectivity index (χ1) is 9.51. The van der Waals surface area contributed by atoms with Gasteiger partial charge < -0.3 is 10.5 Å². The lowest BCUT2D eigenvalue weighted by molar-refractivity contribution is 0.224. The van der Waals surface area contributed by atoms with Gasteiger partial charge >= 0.3 is 0 Å². The van der Waals surface area contributed by atoms with Crippen LogP contribution in [0.1, 0.15) is 25.1 Å². The fourth-order valence-electron chi connectivity index (χ4n) is 1.93. The van der Waals surface area contributed by atoms with E-state index in [1.807, 2.05) is 13.8 Å². The molecule has 0 atom stereocenters. The highest BCUT2D eigenvalue weighted by molar-refractivity contribution is 5.55. The van der Waals surface area contributed by atoms with Crippen molar-refractivity contribution in [1.82, 2.24) is 4.57 Å². The number of aromatic nitrogens is 1. The van der Waals surface area contributed by atoms with Crippen LogP contribution in [0, 0.1) is 17.1 Å². The standard InChI is InChI=1S/C15H16FN3O/c1-10(2)20-15-14(18)7-13(8-17)19(15)9-11-3-5-12(16)6-4-11/h3-7,10H,9,18H2,1-2H3. The molecule has 5 heteroatoms. The molecule has 2 rings (SSSR count). The van der Waals surface area contributed by atoms with Gasteiger partial charge in [-0.25, -0.2) is 4.39 Å². The molecule has 0 aliphatic carbocycles. The van der Waals surface area contributed by atoms with Crippen LogP contribution >= 0.6 is 0 Å². The maximum atomic E-state index is 12.9. The number of ether oxygens (including phenoxy) is 1. The summed E-state index contributed by atoms with van der Waals surface area (Å²) in [5.41, 5.74) is 7.60. The van der Waals surface area contributed by atoms with Gasteiger partial charge in [0, 0.05) is 6.07 Å². The summed E-state index contributed by atoms with van der Waals surface area (Å²) in [4.78, 5) is 0. The van der Waals surface area contributed by atoms with Crippen LogP contribution in [-0.4, -0.2) is 10.7 Å². The molecule has 0 aliphatic rings. The fourth-order valence-corrected chi connectivity index (χ4v) is 1.93. The molecule has 0 radical (unpaired) electrons. The van der Waals surface area contributed by atoms with Gasteiger partial charge in [-0.05, 0) is 31.5 Å². The van der Waals surface area contributed by atoms with Crippen molar-refractivity contribution in [3.63, 3.8) is 0 Å². The Morgan fingerprint density at radius 2 is 2.00 bits per heavy atom. The Balaban J connectivity index is 2.38. The van der Waals surface area contributed by atoms with Crippen molar-refractivity contribution < 1.29 is 9.13 Å². The maximum absolute atomic E-state index is 12.9. The number of nitrogens with zero attached hydrogens (tertiary/aromatic N) is 2. The minimum absolute atomic E-state index is 0.0503. The Bertz CT molecular complexity index is 638. The molecule has 20 heavy (non-hydrogen) atoms. The van der Waals surface area contributed by atoms with Gasteiger partial charge in [0.15, 0.2) is 0 Å². The predicted molar refractivity (Wildman–Crippen MR) is 74.8 cm³/mol. The Hall–Kier alpha value is -2.48. The summed E-state index contributed by atoms with van der Waals surface area (Å²) in [5, 5.41) is 9.17. The number of nitrogen functional groups attached to an aromatic ring is 1. The summed E-state index contributed by atoms with van der Waals surface area (Å²) < 4.78 is 20.3. The molecule has 0 fully saturated rings. The van der Waals surface area contributed by atoms with Crippen molar-refractivity contribution in [2.75, 3.05) is 5.73 Å². The quantitative estimate of drug-likeness (QED) is 0.931. The van der Waals surface area contributed by atoms with Crippen LogP contribution in [0.2, 0.25) is 0 Å². The fraction of sp³-hybridized carbons (Fsp3) is 0.267. The summed E-state index contributed by atoms with van der Waals surface area (Å²) >= 11 is 0. The molecule has 0 aliphatic heterocycles. The minimum atomic E-state index is -0.292. The van der Waals surface area contributed by atoms with Crippen molar-refractivity contribution in [3.8, 4) is 11.9 Å². The van der Waals surface area contributed by atoms with E-state index in [9.17, 15) is 9.65 Å². The van der Waals surface area contributed by atoms with Gasteiger partial charge in [-0.2, -0.15) is 5.26 Å². The Morgan fingerprint density at radius 3 is 2.55 bits per heavy atom. The molecule has 4 nitrogen and oxygen atoms in total. The number of nitrogens with two attached hydrogens (primary N) is 1. The number of hydrogen-bond donors (Lipinski definition) is 1. The van der Waals surface area contributed by atoms with E-state index in [-0.39, 0.29) is 11.9 Å². The third-order valence-electron chi connectivity index (χ3n) is 2.79. The van der Waals surface area contributed by atoms with Crippen molar-refractivity contribution in [3.05, 3.63) is 47.4 Å². The van der Waals surface area contributed by atoms with E-state index in [1.54, 1.807) is 22.8 Å². The number of nitriles is 1. The highest BCUT2D eigenvalue weighted by Crippen LogP contribution is 2.28. The normalized spacial score (nSPS) is 10.6. The molecule has 0 saturated heterocycles. The van der Waals surface area contributed by atoms with Gasteiger partial charge in [0.1, 0.15) is 17.6 Å². The van der Waals surface area contributed by atoms with Crippen LogP contribution in [0.3, 0.4) is 0 Å². The zero-order valence-corrected chi connectivity index (χ0v) is 11.4. The molecular formula is C15H16FN3O. The molecular weight excluding hydrogens is 257 g/mol. The van der Waals surface area contributed by atoms with E-state index in [2.05, 4.69) is 6.07 Å². The molecule has 0 bridgehead atoms. The summed E-state index contributed by atoms with van der Waals surface area (Å²) in [6.07, 6.45) is -0.0503. The zero-order chi connectivity index (χ0) is 14.7. The molecule has 104 valence electrons. The van der Waals surface area contributed by atoms with Gasteiger partial charge in [0.2, 0.25) is 5.88 Å². The van der Waals surface area contributed by atoms with Gasteiger partial charge in [-0.15, -0.1) is 0 Å². The average Bonchev–Trinajstić information content (AvgIpc) is 2.69. The minimum Gasteiger partial charge on any atom is -0.475 e. The third-order valence-corrected chi connectivity index (χ3v) is 2.79. The zero-order valence-electron chi connectivity index (χ0n) is 11.4. The molecule has 0 saturated carbocycles. The number of hydrogen-bond acceptors (Lipinski definition) is 3. The van der Waals surface area contributed by atoms with E-state index in [1.165, 1.54) is 12.1 Å². The molecule has 1 aromatic carbocycles. The molecule has 2 N–H and O–H groups in total. The molecule has 1 aromatic heterocycles. The van der Waals surface area contributed by atoms with Crippen molar-refractivity contribution in [1.29, 1.82) is 5.26 Å². The van der Waals surface area contributed by atoms with Gasteiger partial charge in [0.25, 0.3) is 0 Å². The third kappa shape index (κ3) is 2.91. The highest BCUT2D eigenvalue weighted by atomic mass is 19.1. The van der Waals surface area contributed by atoms with E-state index in [0.29, 0.717) is 23.8 Å².